The molecule has 2 aromatic heterocycles. The summed E-state index contributed by atoms with van der Waals surface area (Å²) in [7, 11) is 0. The molecule has 0 unspecified atom stereocenters. The molecule has 4 heteroatoms. The van der Waals surface area contributed by atoms with Crippen LogP contribution in [0.4, 0.5) is 0 Å². The highest BCUT2D eigenvalue weighted by molar-refractivity contribution is 7.10. The maximum atomic E-state index is 5.99. The summed E-state index contributed by atoms with van der Waals surface area (Å²) in [5.41, 5.74) is 2.15. The number of aromatic nitrogens is 2. The van der Waals surface area contributed by atoms with Gasteiger partial charge in [0, 0.05) is 4.88 Å². The summed E-state index contributed by atoms with van der Waals surface area (Å²) in [6.45, 7) is 6.03. The van der Waals surface area contributed by atoms with Gasteiger partial charge in [-0.3, -0.25) is 0 Å². The molecule has 3 rings (SSSR count). The maximum Gasteiger partial charge on any atom is 0.241 e. The van der Waals surface area contributed by atoms with Crippen molar-refractivity contribution in [1.29, 1.82) is 0 Å². The molecule has 0 saturated carbocycles. The largest absolute Gasteiger partial charge is 0.470 e. The van der Waals surface area contributed by atoms with Crippen molar-refractivity contribution in [1.82, 2.24) is 9.97 Å². The number of nitrogens with zero attached hydrogens (tertiary/aromatic N) is 2. The molecule has 0 saturated heterocycles. The molecule has 3 aromatic rings. The van der Waals surface area contributed by atoms with E-state index in [0.717, 1.165) is 16.7 Å². The molecular weight excluding hydrogens is 292 g/mol. The minimum absolute atomic E-state index is 0.317. The lowest BCUT2D eigenvalue weighted by Crippen LogP contribution is -2.24. The van der Waals surface area contributed by atoms with Crippen LogP contribution in [0.25, 0.3) is 23.2 Å². The van der Waals surface area contributed by atoms with Gasteiger partial charge in [0.25, 0.3) is 0 Å². The Bertz CT molecular complexity index is 802. The van der Waals surface area contributed by atoms with Crippen molar-refractivity contribution in [2.24, 2.45) is 0 Å². The summed E-state index contributed by atoms with van der Waals surface area (Å²) in [6.07, 6.45) is 4.01. The van der Waals surface area contributed by atoms with Gasteiger partial charge in [-0.05, 0) is 56.5 Å². The Morgan fingerprint density at radius 3 is 2.32 bits per heavy atom. The Morgan fingerprint density at radius 1 is 0.955 bits per heavy atom. The first kappa shape index (κ1) is 14.7. The van der Waals surface area contributed by atoms with Crippen LogP contribution in [0.15, 0.2) is 41.8 Å². The minimum atomic E-state index is -0.317. The van der Waals surface area contributed by atoms with Gasteiger partial charge < -0.3 is 4.74 Å². The molecule has 0 aliphatic heterocycles. The van der Waals surface area contributed by atoms with Gasteiger partial charge in [-0.2, -0.15) is 0 Å². The van der Waals surface area contributed by atoms with Crippen LogP contribution in [0.3, 0.4) is 0 Å². The van der Waals surface area contributed by atoms with Crippen molar-refractivity contribution < 1.29 is 4.74 Å². The second-order valence-corrected chi connectivity index (χ2v) is 6.95. The zero-order valence-corrected chi connectivity index (χ0v) is 13.7. The molecule has 0 bridgehead atoms. The van der Waals surface area contributed by atoms with Gasteiger partial charge in [0.05, 0.1) is 11.0 Å². The number of para-hydroxylation sites is 2. The standard InChI is InChI=1S/C18H18N2OS/c1-18(2,3)21-17-16(11-10-13-7-6-12-22-13)19-14-8-4-5-9-15(14)20-17/h4-12H,1-3H3/b11-10-. The summed E-state index contributed by atoms with van der Waals surface area (Å²) in [6, 6.07) is 11.9. The van der Waals surface area contributed by atoms with Crippen LogP contribution in [0.2, 0.25) is 0 Å². The second kappa shape index (κ2) is 5.89. The van der Waals surface area contributed by atoms with Crippen molar-refractivity contribution >= 4 is 34.5 Å². The van der Waals surface area contributed by atoms with Crippen LogP contribution in [0.1, 0.15) is 31.3 Å². The molecule has 0 atom stereocenters. The molecule has 0 amide bonds. The predicted octanol–water partition coefficient (Wildman–Crippen LogP) is 5.04. The van der Waals surface area contributed by atoms with Crippen LogP contribution in [-0.4, -0.2) is 15.6 Å². The third-order valence-electron chi connectivity index (χ3n) is 2.92. The van der Waals surface area contributed by atoms with Crippen molar-refractivity contribution in [2.75, 3.05) is 0 Å². The first-order valence-electron chi connectivity index (χ1n) is 7.19. The Labute approximate surface area is 134 Å². The highest BCUT2D eigenvalue weighted by atomic mass is 32.1. The van der Waals surface area contributed by atoms with E-state index in [1.807, 2.05) is 63.3 Å². The number of hydrogen-bond acceptors (Lipinski definition) is 4. The summed E-state index contributed by atoms with van der Waals surface area (Å²) < 4.78 is 5.99. The second-order valence-electron chi connectivity index (χ2n) is 5.97. The summed E-state index contributed by atoms with van der Waals surface area (Å²) in [5.74, 6) is 0.569. The van der Waals surface area contributed by atoms with Gasteiger partial charge in [-0.25, -0.2) is 9.97 Å². The van der Waals surface area contributed by atoms with Crippen LogP contribution < -0.4 is 4.74 Å². The monoisotopic (exact) mass is 310 g/mol. The fourth-order valence-corrected chi connectivity index (χ4v) is 2.64. The molecule has 3 nitrogen and oxygen atoms in total. The van der Waals surface area contributed by atoms with E-state index in [4.69, 9.17) is 4.74 Å². The van der Waals surface area contributed by atoms with Gasteiger partial charge in [0.15, 0.2) is 0 Å². The number of fused-ring (bicyclic) bond motifs is 1. The summed E-state index contributed by atoms with van der Waals surface area (Å²) in [5, 5.41) is 2.05. The molecule has 0 spiro atoms. The van der Waals surface area contributed by atoms with E-state index in [-0.39, 0.29) is 5.60 Å². The fourth-order valence-electron chi connectivity index (χ4n) is 2.02. The third-order valence-corrected chi connectivity index (χ3v) is 3.75. The third kappa shape index (κ3) is 3.52. The van der Waals surface area contributed by atoms with Gasteiger partial charge in [0.1, 0.15) is 11.3 Å². The number of rotatable bonds is 3. The molecule has 2 heterocycles. The van der Waals surface area contributed by atoms with Crippen molar-refractivity contribution in [3.8, 4) is 5.88 Å². The topological polar surface area (TPSA) is 35.0 Å². The SMILES string of the molecule is CC(C)(C)Oc1nc2ccccc2nc1/C=C\c1cccs1. The van der Waals surface area contributed by atoms with Gasteiger partial charge in [-0.15, -0.1) is 11.3 Å². The van der Waals surface area contributed by atoms with E-state index in [1.54, 1.807) is 11.3 Å². The number of ether oxygens (including phenoxy) is 1. The van der Waals surface area contributed by atoms with Gasteiger partial charge >= 0.3 is 0 Å². The zero-order chi connectivity index (χ0) is 15.6. The Balaban J connectivity index is 2.06. The molecule has 0 radical (unpaired) electrons. The van der Waals surface area contributed by atoms with E-state index in [9.17, 15) is 0 Å². The van der Waals surface area contributed by atoms with Crippen LogP contribution in [0, 0.1) is 0 Å². The summed E-state index contributed by atoms with van der Waals surface area (Å²) in [4.78, 5) is 10.5. The molecule has 22 heavy (non-hydrogen) atoms. The average Bonchev–Trinajstić information content (AvgIpc) is 2.96. The van der Waals surface area contributed by atoms with E-state index in [1.165, 1.54) is 4.88 Å². The maximum absolute atomic E-state index is 5.99. The molecule has 0 fully saturated rings. The highest BCUT2D eigenvalue weighted by Crippen LogP contribution is 2.25. The number of thiophene rings is 1. The molecule has 112 valence electrons. The van der Waals surface area contributed by atoms with Gasteiger partial charge in [-0.1, -0.05) is 18.2 Å². The lowest BCUT2D eigenvalue weighted by atomic mass is 10.2. The molecular formula is C18H18N2OS. The van der Waals surface area contributed by atoms with Crippen molar-refractivity contribution in [2.45, 2.75) is 26.4 Å². The zero-order valence-electron chi connectivity index (χ0n) is 12.9. The lowest BCUT2D eigenvalue weighted by molar-refractivity contribution is 0.123. The number of hydrogen-bond donors (Lipinski definition) is 0. The van der Waals surface area contributed by atoms with E-state index in [0.29, 0.717) is 5.88 Å². The number of benzene rings is 1. The Kier molecular flexibility index (Phi) is 3.94. The van der Waals surface area contributed by atoms with E-state index < -0.39 is 0 Å². The predicted molar refractivity (Wildman–Crippen MR) is 93.2 cm³/mol. The lowest BCUT2D eigenvalue weighted by Gasteiger charge is -2.21. The van der Waals surface area contributed by atoms with Crippen LogP contribution in [-0.2, 0) is 0 Å². The first-order valence-corrected chi connectivity index (χ1v) is 8.07. The Morgan fingerprint density at radius 2 is 1.68 bits per heavy atom. The average molecular weight is 310 g/mol. The molecule has 0 aliphatic rings. The van der Waals surface area contributed by atoms with E-state index >= 15 is 0 Å². The van der Waals surface area contributed by atoms with Gasteiger partial charge in [0.2, 0.25) is 5.88 Å². The molecule has 0 N–H and O–H groups in total. The fraction of sp³-hybridized carbons (Fsp3) is 0.222. The van der Waals surface area contributed by atoms with Crippen molar-refractivity contribution in [3.05, 3.63) is 52.3 Å². The summed E-state index contributed by atoms with van der Waals surface area (Å²) >= 11 is 1.69. The molecule has 0 aliphatic carbocycles. The normalized spacial score (nSPS) is 12.1. The molecule has 1 aromatic carbocycles. The van der Waals surface area contributed by atoms with Crippen molar-refractivity contribution in [3.63, 3.8) is 0 Å². The Hall–Kier alpha value is -2.20. The minimum Gasteiger partial charge on any atom is -0.470 e. The first-order chi connectivity index (χ1) is 10.5. The van der Waals surface area contributed by atoms with E-state index in [2.05, 4.69) is 21.4 Å². The van der Waals surface area contributed by atoms with Crippen LogP contribution >= 0.6 is 11.3 Å². The quantitative estimate of drug-likeness (QED) is 0.680. The van der Waals surface area contributed by atoms with Crippen LogP contribution in [0.5, 0.6) is 5.88 Å². The highest BCUT2D eigenvalue weighted by Gasteiger charge is 2.16. The smallest absolute Gasteiger partial charge is 0.241 e.